The van der Waals surface area contributed by atoms with Crippen LogP contribution in [0.5, 0.6) is 0 Å². The van der Waals surface area contributed by atoms with Gasteiger partial charge >= 0.3 is 0 Å². The van der Waals surface area contributed by atoms with Gasteiger partial charge in [0.25, 0.3) is 5.56 Å². The number of fused-ring (bicyclic) bond motifs is 1. The van der Waals surface area contributed by atoms with Crippen molar-refractivity contribution in [1.29, 1.82) is 0 Å². The number of rotatable bonds is 5. The van der Waals surface area contributed by atoms with Crippen molar-refractivity contribution < 1.29 is 0 Å². The number of hydrogen-bond donors (Lipinski definition) is 3. The summed E-state index contributed by atoms with van der Waals surface area (Å²) in [5, 5.41) is 17.5. The molecule has 24 heavy (non-hydrogen) atoms. The highest BCUT2D eigenvalue weighted by molar-refractivity contribution is 7.99. The molecule has 0 radical (unpaired) electrons. The summed E-state index contributed by atoms with van der Waals surface area (Å²) in [4.78, 5) is 16.9. The zero-order valence-electron chi connectivity index (χ0n) is 13.0. The molecule has 0 bridgehead atoms. The molecule has 124 valence electrons. The number of aromatic amines is 2. The number of H-pyrrole nitrogens is 2. The van der Waals surface area contributed by atoms with Gasteiger partial charge in [0.05, 0.1) is 23.3 Å². The van der Waals surface area contributed by atoms with E-state index in [0.717, 1.165) is 17.7 Å². The lowest BCUT2D eigenvalue weighted by molar-refractivity contribution is 0.561. The highest BCUT2D eigenvalue weighted by Gasteiger charge is 2.27. The van der Waals surface area contributed by atoms with Crippen LogP contribution >= 0.6 is 11.8 Å². The topological polar surface area (TPSA) is 99.3 Å². The highest BCUT2D eigenvalue weighted by Crippen LogP contribution is 2.33. The summed E-state index contributed by atoms with van der Waals surface area (Å²) in [5.41, 5.74) is 0.785. The average molecular weight is 342 g/mol. The summed E-state index contributed by atoms with van der Waals surface area (Å²) >= 11 is 1.82. The largest absolute Gasteiger partial charge is 0.350 e. The van der Waals surface area contributed by atoms with Gasteiger partial charge in [-0.05, 0) is 37.0 Å². The Bertz CT molecular complexity index is 877. The van der Waals surface area contributed by atoms with E-state index in [-0.39, 0.29) is 5.56 Å². The van der Waals surface area contributed by atoms with E-state index < -0.39 is 0 Å². The maximum absolute atomic E-state index is 11.6. The van der Waals surface area contributed by atoms with Gasteiger partial charge < -0.3 is 5.32 Å². The van der Waals surface area contributed by atoms with Gasteiger partial charge in [-0.25, -0.2) is 4.98 Å². The number of aromatic nitrogens is 5. The van der Waals surface area contributed by atoms with Crippen molar-refractivity contribution in [1.82, 2.24) is 25.4 Å². The van der Waals surface area contributed by atoms with E-state index in [4.69, 9.17) is 0 Å². The van der Waals surface area contributed by atoms with Crippen LogP contribution in [-0.4, -0.2) is 37.2 Å². The first-order valence-corrected chi connectivity index (χ1v) is 9.01. The van der Waals surface area contributed by atoms with Crippen LogP contribution in [-0.2, 0) is 0 Å². The Morgan fingerprint density at radius 1 is 1.25 bits per heavy atom. The normalized spacial score (nSPS) is 20.5. The molecule has 2 heterocycles. The number of nitrogens with one attached hydrogen (secondary N) is 3. The van der Waals surface area contributed by atoms with Crippen molar-refractivity contribution in [3.05, 3.63) is 40.9 Å². The van der Waals surface area contributed by atoms with E-state index in [0.29, 0.717) is 23.3 Å². The van der Waals surface area contributed by atoms with E-state index >= 15 is 0 Å². The minimum Gasteiger partial charge on any atom is -0.350 e. The fourth-order valence-electron chi connectivity index (χ4n) is 3.22. The van der Waals surface area contributed by atoms with E-state index in [1.54, 1.807) is 12.4 Å². The molecule has 7 nitrogen and oxygen atoms in total. The predicted molar refractivity (Wildman–Crippen MR) is 94.2 cm³/mol. The minimum atomic E-state index is -0.0712. The zero-order valence-corrected chi connectivity index (χ0v) is 13.8. The van der Waals surface area contributed by atoms with Gasteiger partial charge in [0.2, 0.25) is 5.95 Å². The predicted octanol–water partition coefficient (Wildman–Crippen LogP) is 2.41. The standard InChI is InChI=1S/C16H18N6OS/c23-15-12-5-4-11(8-14(12)20-21-15)24-9-10-2-1-3-13(10)19-16-17-6-7-18-22-16/h4-8,10,13H,1-3,9H2,(H,17,19,22)(H2,20,21,23). The van der Waals surface area contributed by atoms with Crippen LogP contribution in [0, 0.1) is 5.92 Å². The molecule has 1 saturated carbocycles. The lowest BCUT2D eigenvalue weighted by Gasteiger charge is -2.20. The van der Waals surface area contributed by atoms with E-state index in [2.05, 4.69) is 30.7 Å². The molecule has 3 N–H and O–H groups in total. The van der Waals surface area contributed by atoms with Crippen LogP contribution in [0.15, 0.2) is 40.3 Å². The molecule has 1 aromatic carbocycles. The van der Waals surface area contributed by atoms with Crippen molar-refractivity contribution in [2.45, 2.75) is 30.2 Å². The van der Waals surface area contributed by atoms with Crippen LogP contribution in [0.2, 0.25) is 0 Å². The Labute approximate surface area is 142 Å². The molecule has 1 aliphatic rings. The molecule has 2 aromatic heterocycles. The third kappa shape index (κ3) is 3.14. The molecule has 0 spiro atoms. The van der Waals surface area contributed by atoms with E-state index in [1.165, 1.54) is 17.7 Å². The summed E-state index contributed by atoms with van der Waals surface area (Å²) < 4.78 is 0. The second kappa shape index (κ2) is 6.64. The van der Waals surface area contributed by atoms with E-state index in [1.807, 2.05) is 30.0 Å². The van der Waals surface area contributed by atoms with Gasteiger partial charge in [-0.3, -0.25) is 15.0 Å². The fraction of sp³-hybridized carbons (Fsp3) is 0.375. The SMILES string of the molecule is O=c1[nH][nH]c2cc(SCC3CCCC3Nc3nccnn3)ccc12. The molecular weight excluding hydrogens is 324 g/mol. The van der Waals surface area contributed by atoms with Gasteiger partial charge in [-0.15, -0.1) is 16.9 Å². The molecule has 1 fully saturated rings. The molecule has 8 heteroatoms. The molecular formula is C16H18N6OS. The van der Waals surface area contributed by atoms with Crippen LogP contribution in [0.25, 0.3) is 10.9 Å². The number of hydrogen-bond acceptors (Lipinski definition) is 6. The Morgan fingerprint density at radius 2 is 2.21 bits per heavy atom. The van der Waals surface area contributed by atoms with Gasteiger partial charge in [0, 0.05) is 16.7 Å². The van der Waals surface area contributed by atoms with E-state index in [9.17, 15) is 4.79 Å². The van der Waals surface area contributed by atoms with Crippen LogP contribution < -0.4 is 10.9 Å². The average Bonchev–Trinajstić information content (AvgIpc) is 3.21. The highest BCUT2D eigenvalue weighted by atomic mass is 32.2. The van der Waals surface area contributed by atoms with Crippen LogP contribution in [0.3, 0.4) is 0 Å². The Hall–Kier alpha value is -2.35. The Kier molecular flexibility index (Phi) is 4.20. The Morgan fingerprint density at radius 3 is 3.08 bits per heavy atom. The number of anilines is 1. The molecule has 0 amide bonds. The summed E-state index contributed by atoms with van der Waals surface area (Å²) in [6, 6.07) is 6.30. The fourth-order valence-corrected chi connectivity index (χ4v) is 4.39. The maximum Gasteiger partial charge on any atom is 0.271 e. The molecule has 0 aliphatic heterocycles. The monoisotopic (exact) mass is 342 g/mol. The maximum atomic E-state index is 11.6. The molecule has 3 aromatic rings. The molecule has 2 atom stereocenters. The summed E-state index contributed by atoms with van der Waals surface area (Å²) in [6.45, 7) is 0. The first-order valence-electron chi connectivity index (χ1n) is 8.03. The van der Waals surface area contributed by atoms with Crippen molar-refractivity contribution in [3.63, 3.8) is 0 Å². The lowest BCUT2D eigenvalue weighted by Crippen LogP contribution is -2.26. The number of benzene rings is 1. The third-order valence-corrected chi connectivity index (χ3v) is 5.65. The van der Waals surface area contributed by atoms with Crippen molar-refractivity contribution in [2.24, 2.45) is 5.92 Å². The summed E-state index contributed by atoms with van der Waals surface area (Å²) in [7, 11) is 0. The number of nitrogens with zero attached hydrogens (tertiary/aromatic N) is 3. The summed E-state index contributed by atoms with van der Waals surface area (Å²) in [5.74, 6) is 2.20. The van der Waals surface area contributed by atoms with Gasteiger partial charge in [-0.1, -0.05) is 6.42 Å². The Balaban J connectivity index is 1.41. The zero-order chi connectivity index (χ0) is 16.4. The van der Waals surface area contributed by atoms with Crippen LogP contribution in [0.4, 0.5) is 5.95 Å². The van der Waals surface area contributed by atoms with Crippen molar-refractivity contribution >= 4 is 28.6 Å². The summed E-state index contributed by atoms with van der Waals surface area (Å²) in [6.07, 6.45) is 6.78. The first kappa shape index (κ1) is 15.2. The first-order chi connectivity index (χ1) is 11.8. The van der Waals surface area contributed by atoms with Crippen molar-refractivity contribution in [3.8, 4) is 0 Å². The third-order valence-electron chi connectivity index (χ3n) is 4.47. The second-order valence-electron chi connectivity index (χ2n) is 6.01. The minimum absolute atomic E-state index is 0.0712. The lowest BCUT2D eigenvalue weighted by atomic mass is 10.1. The quantitative estimate of drug-likeness (QED) is 0.616. The molecule has 2 unspecified atom stereocenters. The molecule has 4 rings (SSSR count). The second-order valence-corrected chi connectivity index (χ2v) is 7.10. The molecule has 1 aliphatic carbocycles. The smallest absolute Gasteiger partial charge is 0.271 e. The van der Waals surface area contributed by atoms with Gasteiger partial charge in [0.15, 0.2) is 0 Å². The van der Waals surface area contributed by atoms with Crippen molar-refractivity contribution in [2.75, 3.05) is 11.1 Å². The number of thioether (sulfide) groups is 1. The van der Waals surface area contributed by atoms with Crippen LogP contribution in [0.1, 0.15) is 19.3 Å². The van der Waals surface area contributed by atoms with Gasteiger partial charge in [-0.2, -0.15) is 5.10 Å². The molecule has 0 saturated heterocycles. The van der Waals surface area contributed by atoms with Gasteiger partial charge in [0.1, 0.15) is 0 Å².